The van der Waals surface area contributed by atoms with E-state index >= 15 is 0 Å². The van der Waals surface area contributed by atoms with Gasteiger partial charge in [-0.25, -0.2) is 0 Å². The van der Waals surface area contributed by atoms with E-state index in [-0.39, 0.29) is 5.91 Å². The largest absolute Gasteiger partial charge is 0.472 e. The van der Waals surface area contributed by atoms with E-state index < -0.39 is 0 Å². The van der Waals surface area contributed by atoms with Crippen molar-refractivity contribution in [2.75, 3.05) is 32.7 Å². The highest BCUT2D eigenvalue weighted by atomic mass is 16.3. The summed E-state index contributed by atoms with van der Waals surface area (Å²) in [5.74, 6) is 0.0703. The number of aryl methyl sites for hydroxylation is 1. The van der Waals surface area contributed by atoms with Crippen molar-refractivity contribution in [2.24, 2.45) is 0 Å². The highest BCUT2D eigenvalue weighted by Crippen LogP contribution is 2.10. The maximum Gasteiger partial charge on any atom is 0.257 e. The molecule has 23 heavy (non-hydrogen) atoms. The standard InChI is InChI=1S/C18H23N3O2/c1-15-4-2-5-17(19-15)6-10-20-8-3-9-21(12-11-20)18(22)16-7-13-23-14-16/h2,4-5,7,13-14H,3,6,8-12H2,1H3. The number of carbonyl (C=O) groups excluding carboxylic acids is 1. The third kappa shape index (κ3) is 4.20. The molecule has 122 valence electrons. The predicted octanol–water partition coefficient (Wildman–Crippen LogP) is 2.37. The Hall–Kier alpha value is -2.14. The van der Waals surface area contributed by atoms with Crippen molar-refractivity contribution in [2.45, 2.75) is 19.8 Å². The summed E-state index contributed by atoms with van der Waals surface area (Å²) in [6.45, 7) is 6.53. The molecule has 5 heteroatoms. The molecule has 0 N–H and O–H groups in total. The van der Waals surface area contributed by atoms with Crippen LogP contribution in [-0.4, -0.2) is 53.4 Å². The van der Waals surface area contributed by atoms with Crippen LogP contribution in [-0.2, 0) is 6.42 Å². The van der Waals surface area contributed by atoms with E-state index in [1.165, 1.54) is 6.26 Å². The summed E-state index contributed by atoms with van der Waals surface area (Å²) >= 11 is 0. The second-order valence-corrected chi connectivity index (χ2v) is 6.02. The zero-order valence-electron chi connectivity index (χ0n) is 13.6. The third-order valence-corrected chi connectivity index (χ3v) is 4.27. The lowest BCUT2D eigenvalue weighted by Gasteiger charge is -2.21. The molecule has 1 amide bonds. The van der Waals surface area contributed by atoms with Crippen molar-refractivity contribution in [1.29, 1.82) is 0 Å². The average Bonchev–Trinajstić information content (AvgIpc) is 2.98. The van der Waals surface area contributed by atoms with Crippen LogP contribution in [0.5, 0.6) is 0 Å². The molecule has 1 fully saturated rings. The molecule has 1 aliphatic heterocycles. The van der Waals surface area contributed by atoms with E-state index in [1.807, 2.05) is 17.9 Å². The van der Waals surface area contributed by atoms with E-state index in [1.54, 1.807) is 12.3 Å². The monoisotopic (exact) mass is 313 g/mol. The maximum absolute atomic E-state index is 12.4. The summed E-state index contributed by atoms with van der Waals surface area (Å²) < 4.78 is 5.01. The Labute approximate surface area is 136 Å². The lowest BCUT2D eigenvalue weighted by Crippen LogP contribution is -2.35. The van der Waals surface area contributed by atoms with Crippen molar-refractivity contribution < 1.29 is 9.21 Å². The number of rotatable bonds is 4. The number of pyridine rings is 1. The fraction of sp³-hybridized carbons (Fsp3) is 0.444. The Kier molecular flexibility index (Phi) is 5.08. The SMILES string of the molecule is Cc1cccc(CCN2CCCN(C(=O)c3ccoc3)CC2)n1. The van der Waals surface area contributed by atoms with Gasteiger partial charge in [0.05, 0.1) is 11.8 Å². The van der Waals surface area contributed by atoms with E-state index in [9.17, 15) is 4.79 Å². The van der Waals surface area contributed by atoms with Crippen LogP contribution in [0, 0.1) is 6.92 Å². The number of nitrogens with zero attached hydrogens (tertiary/aromatic N) is 3. The molecular formula is C18H23N3O2. The lowest BCUT2D eigenvalue weighted by molar-refractivity contribution is 0.0761. The second-order valence-electron chi connectivity index (χ2n) is 6.02. The van der Waals surface area contributed by atoms with Crippen LogP contribution < -0.4 is 0 Å². The average molecular weight is 313 g/mol. The number of furan rings is 1. The summed E-state index contributed by atoms with van der Waals surface area (Å²) in [7, 11) is 0. The number of carbonyl (C=O) groups is 1. The van der Waals surface area contributed by atoms with Crippen LogP contribution in [0.15, 0.2) is 41.2 Å². The van der Waals surface area contributed by atoms with Gasteiger partial charge in [-0.1, -0.05) is 6.07 Å². The fourth-order valence-electron chi connectivity index (χ4n) is 2.98. The number of hydrogen-bond acceptors (Lipinski definition) is 4. The van der Waals surface area contributed by atoms with E-state index in [2.05, 4.69) is 22.0 Å². The van der Waals surface area contributed by atoms with Crippen molar-refractivity contribution in [3.8, 4) is 0 Å². The maximum atomic E-state index is 12.4. The Balaban J connectivity index is 1.51. The molecule has 2 aromatic rings. The van der Waals surface area contributed by atoms with Gasteiger partial charge < -0.3 is 14.2 Å². The van der Waals surface area contributed by atoms with E-state index in [0.29, 0.717) is 5.56 Å². The zero-order valence-corrected chi connectivity index (χ0v) is 13.6. The van der Waals surface area contributed by atoms with Crippen LogP contribution in [0.3, 0.4) is 0 Å². The van der Waals surface area contributed by atoms with Gasteiger partial charge in [-0.05, 0) is 38.1 Å². The van der Waals surface area contributed by atoms with Crippen molar-refractivity contribution in [3.63, 3.8) is 0 Å². The van der Waals surface area contributed by atoms with Crippen molar-refractivity contribution >= 4 is 5.91 Å². The highest BCUT2D eigenvalue weighted by Gasteiger charge is 2.20. The van der Waals surface area contributed by atoms with Crippen LogP contribution in [0.25, 0.3) is 0 Å². The molecule has 0 unspecified atom stereocenters. The molecule has 5 nitrogen and oxygen atoms in total. The molecule has 3 rings (SSSR count). The molecule has 1 saturated heterocycles. The first-order chi connectivity index (χ1) is 11.2. The van der Waals surface area contributed by atoms with Gasteiger partial charge in [0.2, 0.25) is 0 Å². The number of hydrogen-bond donors (Lipinski definition) is 0. The van der Waals surface area contributed by atoms with Crippen LogP contribution in [0.1, 0.15) is 28.2 Å². The fourth-order valence-corrected chi connectivity index (χ4v) is 2.98. The summed E-state index contributed by atoms with van der Waals surface area (Å²) in [5.41, 5.74) is 2.85. The highest BCUT2D eigenvalue weighted by molar-refractivity contribution is 5.93. The van der Waals surface area contributed by atoms with Crippen LogP contribution in [0.4, 0.5) is 0 Å². The topological polar surface area (TPSA) is 49.6 Å². The summed E-state index contributed by atoms with van der Waals surface area (Å²) in [6.07, 6.45) is 5.03. The first-order valence-electron chi connectivity index (χ1n) is 8.19. The van der Waals surface area contributed by atoms with Gasteiger partial charge in [-0.3, -0.25) is 9.78 Å². The first-order valence-corrected chi connectivity index (χ1v) is 8.19. The molecule has 0 saturated carbocycles. The van der Waals surface area contributed by atoms with Gasteiger partial charge in [0.15, 0.2) is 0 Å². The van der Waals surface area contributed by atoms with Gasteiger partial charge in [0.1, 0.15) is 6.26 Å². The van der Waals surface area contributed by atoms with Gasteiger partial charge in [-0.2, -0.15) is 0 Å². The summed E-state index contributed by atoms with van der Waals surface area (Å²) in [5, 5.41) is 0. The first kappa shape index (κ1) is 15.7. The molecule has 3 heterocycles. The summed E-state index contributed by atoms with van der Waals surface area (Å²) in [6, 6.07) is 7.90. The molecule has 0 aromatic carbocycles. The molecular weight excluding hydrogens is 290 g/mol. The van der Waals surface area contributed by atoms with Gasteiger partial charge in [-0.15, -0.1) is 0 Å². The Morgan fingerprint density at radius 1 is 1.22 bits per heavy atom. The zero-order chi connectivity index (χ0) is 16.1. The molecule has 0 bridgehead atoms. The van der Waals surface area contributed by atoms with Gasteiger partial charge >= 0.3 is 0 Å². The van der Waals surface area contributed by atoms with E-state index in [0.717, 1.165) is 57.0 Å². The molecule has 1 aliphatic rings. The third-order valence-electron chi connectivity index (χ3n) is 4.27. The van der Waals surface area contributed by atoms with Crippen LogP contribution >= 0.6 is 0 Å². The quantitative estimate of drug-likeness (QED) is 0.869. The molecule has 0 atom stereocenters. The molecule has 0 aliphatic carbocycles. The predicted molar refractivity (Wildman–Crippen MR) is 88.3 cm³/mol. The van der Waals surface area contributed by atoms with Crippen molar-refractivity contribution in [1.82, 2.24) is 14.8 Å². The Bertz CT molecular complexity index is 639. The number of amides is 1. The normalized spacial score (nSPS) is 16.3. The van der Waals surface area contributed by atoms with Gasteiger partial charge in [0.25, 0.3) is 5.91 Å². The van der Waals surface area contributed by atoms with Crippen molar-refractivity contribution in [3.05, 3.63) is 53.7 Å². The second kappa shape index (κ2) is 7.42. The minimum absolute atomic E-state index is 0.0703. The Morgan fingerprint density at radius 3 is 2.91 bits per heavy atom. The summed E-state index contributed by atoms with van der Waals surface area (Å²) in [4.78, 5) is 21.3. The molecule has 0 spiro atoms. The number of aromatic nitrogens is 1. The molecule has 0 radical (unpaired) electrons. The van der Waals surface area contributed by atoms with Crippen LogP contribution in [0.2, 0.25) is 0 Å². The minimum atomic E-state index is 0.0703. The molecule has 2 aromatic heterocycles. The lowest BCUT2D eigenvalue weighted by atomic mass is 10.2. The Morgan fingerprint density at radius 2 is 2.13 bits per heavy atom. The van der Waals surface area contributed by atoms with E-state index in [4.69, 9.17) is 4.42 Å². The minimum Gasteiger partial charge on any atom is -0.472 e. The van der Waals surface area contributed by atoms with Gasteiger partial charge in [0, 0.05) is 44.0 Å². The smallest absolute Gasteiger partial charge is 0.257 e.